The van der Waals surface area contributed by atoms with Crippen LogP contribution in [-0.2, 0) is 0 Å². The highest BCUT2D eigenvalue weighted by atomic mass is 32.3. The first-order chi connectivity index (χ1) is 10.6. The monoisotopic (exact) mass is 317 g/mol. The SMILES string of the molecule is OS1(O)NC2CCCN2c2ccc(Oc3c[c]ccc3)cc21. The molecule has 22 heavy (non-hydrogen) atoms. The van der Waals surface area contributed by atoms with Crippen molar-refractivity contribution in [1.29, 1.82) is 0 Å². The van der Waals surface area contributed by atoms with Gasteiger partial charge in [-0.25, -0.2) is 0 Å². The van der Waals surface area contributed by atoms with Crippen molar-refractivity contribution in [3.8, 4) is 11.5 Å². The number of anilines is 1. The molecule has 1 radical (unpaired) electrons. The van der Waals surface area contributed by atoms with E-state index in [9.17, 15) is 9.11 Å². The Bertz CT molecular complexity index is 693. The Kier molecular flexibility index (Phi) is 3.27. The lowest BCUT2D eigenvalue weighted by atomic mass is 10.2. The fraction of sp³-hybridized carbons (Fsp3) is 0.250. The van der Waals surface area contributed by atoms with Gasteiger partial charge < -0.3 is 9.64 Å². The molecular weight excluding hydrogens is 300 g/mol. The lowest BCUT2D eigenvalue weighted by Gasteiger charge is -2.46. The molecule has 2 aliphatic rings. The minimum absolute atomic E-state index is 0.00740. The average molecular weight is 317 g/mol. The molecular formula is C16H17N2O3S. The highest BCUT2D eigenvalue weighted by molar-refractivity contribution is 8.22. The molecule has 0 saturated carbocycles. The topological polar surface area (TPSA) is 65.0 Å². The molecule has 0 spiro atoms. The smallest absolute Gasteiger partial charge is 0.129 e. The van der Waals surface area contributed by atoms with Gasteiger partial charge in [-0.15, -0.1) is 10.8 Å². The molecule has 2 aliphatic heterocycles. The van der Waals surface area contributed by atoms with Crippen LogP contribution in [0.1, 0.15) is 12.8 Å². The lowest BCUT2D eigenvalue weighted by molar-refractivity contribution is 0.440. The first-order valence-electron chi connectivity index (χ1n) is 7.24. The summed E-state index contributed by atoms with van der Waals surface area (Å²) in [6.07, 6.45) is 1.98. The zero-order valence-electron chi connectivity index (χ0n) is 11.9. The van der Waals surface area contributed by atoms with Crippen LogP contribution in [0.15, 0.2) is 47.4 Å². The Morgan fingerprint density at radius 1 is 1.27 bits per heavy atom. The summed E-state index contributed by atoms with van der Waals surface area (Å²) in [7, 11) is -2.99. The van der Waals surface area contributed by atoms with E-state index in [1.807, 2.05) is 24.3 Å². The van der Waals surface area contributed by atoms with Crippen LogP contribution >= 0.6 is 10.8 Å². The lowest BCUT2D eigenvalue weighted by Crippen LogP contribution is -2.46. The van der Waals surface area contributed by atoms with Crippen molar-refractivity contribution in [3.05, 3.63) is 48.5 Å². The van der Waals surface area contributed by atoms with E-state index < -0.39 is 10.8 Å². The van der Waals surface area contributed by atoms with E-state index in [-0.39, 0.29) is 6.17 Å². The molecule has 4 rings (SSSR count). The summed E-state index contributed by atoms with van der Waals surface area (Å²) in [5.41, 5.74) is 0.883. The Balaban J connectivity index is 1.71. The maximum Gasteiger partial charge on any atom is 0.129 e. The van der Waals surface area contributed by atoms with Gasteiger partial charge in [0.2, 0.25) is 0 Å². The number of hydrogen-bond acceptors (Lipinski definition) is 5. The second-order valence-electron chi connectivity index (χ2n) is 5.49. The fourth-order valence-corrected chi connectivity index (χ4v) is 4.54. The van der Waals surface area contributed by atoms with E-state index in [4.69, 9.17) is 4.74 Å². The molecule has 1 saturated heterocycles. The Morgan fingerprint density at radius 3 is 3.00 bits per heavy atom. The first-order valence-corrected chi connectivity index (χ1v) is 8.78. The predicted octanol–water partition coefficient (Wildman–Crippen LogP) is 3.83. The maximum atomic E-state index is 10.4. The second-order valence-corrected chi connectivity index (χ2v) is 7.26. The third-order valence-electron chi connectivity index (χ3n) is 4.01. The van der Waals surface area contributed by atoms with Crippen molar-refractivity contribution < 1.29 is 13.8 Å². The van der Waals surface area contributed by atoms with Crippen LogP contribution in [0, 0.1) is 6.07 Å². The molecule has 2 heterocycles. The minimum Gasteiger partial charge on any atom is -0.457 e. The summed E-state index contributed by atoms with van der Waals surface area (Å²) in [6, 6.07) is 15.7. The van der Waals surface area contributed by atoms with Crippen molar-refractivity contribution in [2.75, 3.05) is 11.4 Å². The molecule has 0 aliphatic carbocycles. The molecule has 6 heteroatoms. The van der Waals surface area contributed by atoms with Gasteiger partial charge in [0.15, 0.2) is 0 Å². The standard InChI is InChI=1S/C16H17N2O3S/c19-22(20)15-11-13(21-12-5-2-1-3-6-12)8-9-14(15)18-10-4-7-16(18)17-22/h1-2,5-6,8-9,11,16-17,19-20H,4,7,10H2. The van der Waals surface area contributed by atoms with Crippen LogP contribution in [0.3, 0.4) is 0 Å². The van der Waals surface area contributed by atoms with Crippen LogP contribution in [0.5, 0.6) is 11.5 Å². The van der Waals surface area contributed by atoms with Gasteiger partial charge in [0.25, 0.3) is 0 Å². The van der Waals surface area contributed by atoms with Crippen molar-refractivity contribution >= 4 is 16.5 Å². The van der Waals surface area contributed by atoms with E-state index >= 15 is 0 Å². The van der Waals surface area contributed by atoms with Crippen molar-refractivity contribution in [2.45, 2.75) is 23.9 Å². The molecule has 3 N–H and O–H groups in total. The molecule has 1 unspecified atom stereocenters. The van der Waals surface area contributed by atoms with E-state index in [0.29, 0.717) is 16.4 Å². The van der Waals surface area contributed by atoms with Gasteiger partial charge in [0.05, 0.1) is 11.9 Å². The van der Waals surface area contributed by atoms with E-state index in [2.05, 4.69) is 15.7 Å². The van der Waals surface area contributed by atoms with Crippen LogP contribution in [0.2, 0.25) is 0 Å². The first kappa shape index (κ1) is 13.9. The number of ether oxygens (including phenoxy) is 1. The van der Waals surface area contributed by atoms with Crippen molar-refractivity contribution in [3.63, 3.8) is 0 Å². The predicted molar refractivity (Wildman–Crippen MR) is 86.4 cm³/mol. The fourth-order valence-electron chi connectivity index (χ4n) is 3.03. The largest absolute Gasteiger partial charge is 0.457 e. The minimum atomic E-state index is -2.99. The quantitative estimate of drug-likeness (QED) is 0.785. The third kappa shape index (κ3) is 2.34. The van der Waals surface area contributed by atoms with Gasteiger partial charge in [-0.05, 0) is 43.2 Å². The summed E-state index contributed by atoms with van der Waals surface area (Å²) in [5.74, 6) is 1.25. The van der Waals surface area contributed by atoms with Crippen LogP contribution in [0.4, 0.5) is 5.69 Å². The normalized spacial score (nSPS) is 23.5. The number of nitrogens with one attached hydrogen (secondary N) is 1. The summed E-state index contributed by atoms with van der Waals surface area (Å²) in [5, 5.41) is 0. The number of benzene rings is 2. The zero-order chi connectivity index (χ0) is 15.2. The Labute approximate surface area is 131 Å². The molecule has 2 aromatic carbocycles. The number of hydrogen-bond donors (Lipinski definition) is 3. The second kappa shape index (κ2) is 5.17. The maximum absolute atomic E-state index is 10.4. The molecule has 0 aromatic heterocycles. The zero-order valence-corrected chi connectivity index (χ0v) is 12.7. The molecule has 115 valence electrons. The Hall–Kier alpha value is -1.73. The summed E-state index contributed by atoms with van der Waals surface area (Å²) in [6.45, 7) is 0.925. The number of nitrogens with zero attached hydrogens (tertiary/aromatic N) is 1. The summed E-state index contributed by atoms with van der Waals surface area (Å²) < 4.78 is 29.5. The number of fused-ring (bicyclic) bond motifs is 3. The van der Waals surface area contributed by atoms with Gasteiger partial charge in [-0.2, -0.15) is 4.72 Å². The van der Waals surface area contributed by atoms with Crippen LogP contribution in [-0.4, -0.2) is 21.8 Å². The summed E-state index contributed by atoms with van der Waals surface area (Å²) in [4.78, 5) is 2.69. The van der Waals surface area contributed by atoms with E-state index in [0.717, 1.165) is 25.1 Å². The van der Waals surface area contributed by atoms with Gasteiger partial charge in [-0.3, -0.25) is 9.11 Å². The van der Waals surface area contributed by atoms with Crippen molar-refractivity contribution in [1.82, 2.24) is 4.72 Å². The summed E-state index contributed by atoms with van der Waals surface area (Å²) >= 11 is 0. The van der Waals surface area contributed by atoms with Gasteiger partial charge in [-0.1, -0.05) is 12.1 Å². The molecule has 2 aromatic rings. The van der Waals surface area contributed by atoms with E-state index in [1.54, 1.807) is 18.2 Å². The highest BCUT2D eigenvalue weighted by Gasteiger charge is 2.38. The molecule has 0 amide bonds. The van der Waals surface area contributed by atoms with Crippen LogP contribution in [0.25, 0.3) is 0 Å². The molecule has 1 fully saturated rings. The molecule has 1 atom stereocenters. The van der Waals surface area contributed by atoms with Gasteiger partial charge >= 0.3 is 0 Å². The average Bonchev–Trinajstić information content (AvgIpc) is 2.96. The van der Waals surface area contributed by atoms with Gasteiger partial charge in [0.1, 0.15) is 16.4 Å². The molecule has 0 bridgehead atoms. The molecule has 5 nitrogen and oxygen atoms in total. The van der Waals surface area contributed by atoms with Crippen molar-refractivity contribution in [2.24, 2.45) is 0 Å². The Morgan fingerprint density at radius 2 is 2.18 bits per heavy atom. The van der Waals surface area contributed by atoms with Crippen LogP contribution < -0.4 is 14.4 Å². The van der Waals surface area contributed by atoms with Gasteiger partial charge in [0, 0.05) is 12.6 Å². The van der Waals surface area contributed by atoms with E-state index in [1.165, 1.54) is 0 Å². The third-order valence-corrected chi connectivity index (χ3v) is 5.56. The highest BCUT2D eigenvalue weighted by Crippen LogP contribution is 2.55. The number of rotatable bonds is 2.